The lowest BCUT2D eigenvalue weighted by atomic mass is 10.2. The van der Waals surface area contributed by atoms with Crippen molar-refractivity contribution in [3.8, 4) is 11.4 Å². The van der Waals surface area contributed by atoms with Gasteiger partial charge in [0.1, 0.15) is 5.82 Å². The van der Waals surface area contributed by atoms with Crippen LogP contribution in [0.25, 0.3) is 11.4 Å². The Morgan fingerprint density at radius 2 is 2.19 bits per heavy atom. The van der Waals surface area contributed by atoms with Gasteiger partial charge in [-0.1, -0.05) is 27.5 Å². The normalized spacial score (nSPS) is 10.7. The maximum atomic E-state index is 6.00. The Morgan fingerprint density at radius 3 is 2.88 bits per heavy atom. The van der Waals surface area contributed by atoms with Gasteiger partial charge in [0.2, 0.25) is 0 Å². The first-order chi connectivity index (χ1) is 7.70. The number of hydrogen-bond acceptors (Lipinski definition) is 2. The van der Waals surface area contributed by atoms with Gasteiger partial charge in [-0.3, -0.25) is 0 Å². The first-order valence-electron chi connectivity index (χ1n) is 4.88. The van der Waals surface area contributed by atoms with Gasteiger partial charge in [0.25, 0.3) is 0 Å². The van der Waals surface area contributed by atoms with E-state index in [1.807, 2.05) is 29.0 Å². The first-order valence-corrected chi connectivity index (χ1v) is 6.05. The number of aromatic nitrogens is 2. The second kappa shape index (κ2) is 4.99. The number of hydrogen-bond donors (Lipinski definition) is 1. The van der Waals surface area contributed by atoms with E-state index in [1.165, 1.54) is 0 Å². The van der Waals surface area contributed by atoms with Gasteiger partial charge in [-0.15, -0.1) is 0 Å². The molecule has 0 aliphatic rings. The summed E-state index contributed by atoms with van der Waals surface area (Å²) in [6, 6.07) is 5.73. The van der Waals surface area contributed by atoms with Crippen molar-refractivity contribution >= 4 is 27.5 Å². The van der Waals surface area contributed by atoms with Crippen molar-refractivity contribution < 1.29 is 0 Å². The zero-order valence-corrected chi connectivity index (χ0v) is 10.9. The quantitative estimate of drug-likeness (QED) is 0.947. The fourth-order valence-electron chi connectivity index (χ4n) is 1.57. The lowest BCUT2D eigenvalue weighted by molar-refractivity contribution is 0.715. The van der Waals surface area contributed by atoms with Crippen LogP contribution in [0.3, 0.4) is 0 Å². The van der Waals surface area contributed by atoms with Crippen LogP contribution in [-0.4, -0.2) is 16.1 Å². The molecular formula is C11H11BrClN3. The Balaban J connectivity index is 2.45. The van der Waals surface area contributed by atoms with Crippen molar-refractivity contribution in [1.29, 1.82) is 0 Å². The number of benzene rings is 1. The van der Waals surface area contributed by atoms with Crippen LogP contribution in [0.4, 0.5) is 0 Å². The van der Waals surface area contributed by atoms with Crippen LogP contribution in [0.5, 0.6) is 0 Å². The monoisotopic (exact) mass is 299 g/mol. The second-order valence-electron chi connectivity index (χ2n) is 3.39. The number of nitrogens with two attached hydrogens (primary N) is 1. The molecule has 0 unspecified atom stereocenters. The van der Waals surface area contributed by atoms with Gasteiger partial charge in [0.15, 0.2) is 0 Å². The molecule has 84 valence electrons. The molecule has 0 bridgehead atoms. The lowest BCUT2D eigenvalue weighted by Gasteiger charge is -2.07. The van der Waals surface area contributed by atoms with Crippen molar-refractivity contribution in [1.82, 2.24) is 9.55 Å². The molecule has 0 saturated heterocycles. The van der Waals surface area contributed by atoms with E-state index >= 15 is 0 Å². The second-order valence-corrected chi connectivity index (χ2v) is 4.74. The average Bonchev–Trinajstić information content (AvgIpc) is 2.65. The van der Waals surface area contributed by atoms with Crippen molar-refractivity contribution in [2.45, 2.75) is 6.54 Å². The van der Waals surface area contributed by atoms with Gasteiger partial charge in [-0.25, -0.2) is 4.98 Å². The van der Waals surface area contributed by atoms with Crippen LogP contribution in [-0.2, 0) is 6.54 Å². The zero-order valence-electron chi connectivity index (χ0n) is 8.53. The molecule has 5 heteroatoms. The average molecular weight is 301 g/mol. The molecule has 0 aliphatic heterocycles. The van der Waals surface area contributed by atoms with Gasteiger partial charge in [0.05, 0.1) is 0 Å². The van der Waals surface area contributed by atoms with E-state index < -0.39 is 0 Å². The highest BCUT2D eigenvalue weighted by Gasteiger charge is 2.07. The van der Waals surface area contributed by atoms with E-state index in [1.54, 1.807) is 6.20 Å². The molecular weight excluding hydrogens is 289 g/mol. The summed E-state index contributed by atoms with van der Waals surface area (Å²) in [7, 11) is 0. The SMILES string of the molecule is NCCn1ccnc1-c1cc(Cl)cc(Br)c1. The summed E-state index contributed by atoms with van der Waals surface area (Å²) in [6.45, 7) is 1.34. The van der Waals surface area contributed by atoms with E-state index in [9.17, 15) is 0 Å². The number of nitrogens with zero attached hydrogens (tertiary/aromatic N) is 2. The third kappa shape index (κ3) is 2.45. The third-order valence-electron chi connectivity index (χ3n) is 2.21. The van der Waals surface area contributed by atoms with Gasteiger partial charge < -0.3 is 10.3 Å². The lowest BCUT2D eigenvalue weighted by Crippen LogP contribution is -2.10. The summed E-state index contributed by atoms with van der Waals surface area (Å²) in [6.07, 6.45) is 3.68. The molecule has 0 radical (unpaired) electrons. The number of rotatable bonds is 3. The summed E-state index contributed by atoms with van der Waals surface area (Å²) in [4.78, 5) is 4.32. The molecule has 0 fully saturated rings. The highest BCUT2D eigenvalue weighted by molar-refractivity contribution is 9.10. The Morgan fingerprint density at radius 1 is 1.38 bits per heavy atom. The van der Waals surface area contributed by atoms with Gasteiger partial charge in [-0.2, -0.15) is 0 Å². The predicted molar refractivity (Wildman–Crippen MR) is 69.4 cm³/mol. The van der Waals surface area contributed by atoms with Crippen LogP contribution in [0, 0.1) is 0 Å². The van der Waals surface area contributed by atoms with Crippen LogP contribution >= 0.6 is 27.5 Å². The molecule has 0 amide bonds. The highest BCUT2D eigenvalue weighted by Crippen LogP contribution is 2.26. The molecule has 2 N–H and O–H groups in total. The summed E-state index contributed by atoms with van der Waals surface area (Å²) in [5.41, 5.74) is 6.53. The molecule has 16 heavy (non-hydrogen) atoms. The smallest absolute Gasteiger partial charge is 0.140 e. The summed E-state index contributed by atoms with van der Waals surface area (Å²) >= 11 is 9.42. The van der Waals surface area contributed by atoms with E-state index in [2.05, 4.69) is 20.9 Å². The minimum atomic E-state index is 0.588. The molecule has 0 saturated carbocycles. The molecule has 0 aliphatic carbocycles. The van der Waals surface area contributed by atoms with Crippen molar-refractivity contribution in [2.24, 2.45) is 5.73 Å². The molecule has 0 spiro atoms. The summed E-state index contributed by atoms with van der Waals surface area (Å²) in [5.74, 6) is 0.883. The Labute approximate surface area is 107 Å². The van der Waals surface area contributed by atoms with E-state index in [0.717, 1.165) is 22.4 Å². The van der Waals surface area contributed by atoms with Crippen molar-refractivity contribution in [3.05, 3.63) is 40.1 Å². The molecule has 3 nitrogen and oxygen atoms in total. The number of imidazole rings is 1. The molecule has 1 heterocycles. The Kier molecular flexibility index (Phi) is 3.63. The minimum Gasteiger partial charge on any atom is -0.330 e. The molecule has 1 aromatic carbocycles. The van der Waals surface area contributed by atoms with Crippen molar-refractivity contribution in [3.63, 3.8) is 0 Å². The predicted octanol–water partition coefficient (Wildman–Crippen LogP) is 2.92. The molecule has 1 aromatic heterocycles. The summed E-state index contributed by atoms with van der Waals surface area (Å²) in [5, 5.41) is 0.687. The Bertz CT molecular complexity index is 475. The molecule has 2 aromatic rings. The van der Waals surface area contributed by atoms with Crippen LogP contribution < -0.4 is 5.73 Å². The van der Waals surface area contributed by atoms with Crippen LogP contribution in [0.2, 0.25) is 5.02 Å². The third-order valence-corrected chi connectivity index (χ3v) is 2.88. The zero-order chi connectivity index (χ0) is 11.5. The van der Waals surface area contributed by atoms with Crippen LogP contribution in [0.15, 0.2) is 35.1 Å². The van der Waals surface area contributed by atoms with Gasteiger partial charge >= 0.3 is 0 Å². The van der Waals surface area contributed by atoms with Gasteiger partial charge in [-0.05, 0) is 18.2 Å². The first kappa shape index (κ1) is 11.6. The van der Waals surface area contributed by atoms with E-state index in [-0.39, 0.29) is 0 Å². The minimum absolute atomic E-state index is 0.588. The fourth-order valence-corrected chi connectivity index (χ4v) is 2.43. The highest BCUT2D eigenvalue weighted by atomic mass is 79.9. The standard InChI is InChI=1S/C11H11BrClN3/c12-9-5-8(6-10(13)7-9)11-15-2-4-16(11)3-1-14/h2,4-7H,1,3,14H2. The molecule has 0 atom stereocenters. The van der Waals surface area contributed by atoms with Crippen LogP contribution in [0.1, 0.15) is 0 Å². The Hall–Kier alpha value is -0.840. The maximum absolute atomic E-state index is 6.00. The topological polar surface area (TPSA) is 43.8 Å². The van der Waals surface area contributed by atoms with Crippen molar-refractivity contribution in [2.75, 3.05) is 6.54 Å². The van der Waals surface area contributed by atoms with E-state index in [0.29, 0.717) is 11.6 Å². The largest absolute Gasteiger partial charge is 0.330 e. The van der Waals surface area contributed by atoms with Gasteiger partial charge in [0, 0.05) is 40.5 Å². The van der Waals surface area contributed by atoms with E-state index in [4.69, 9.17) is 17.3 Å². The molecule has 2 rings (SSSR count). The fraction of sp³-hybridized carbons (Fsp3) is 0.182. The summed E-state index contributed by atoms with van der Waals surface area (Å²) < 4.78 is 2.95. The maximum Gasteiger partial charge on any atom is 0.140 e. The number of halogens is 2.